The van der Waals surface area contributed by atoms with Crippen LogP contribution in [0.2, 0.25) is 0 Å². The van der Waals surface area contributed by atoms with Crippen LogP contribution < -0.4 is 10.9 Å². The molecule has 0 bridgehead atoms. The molecule has 118 valence electrons. The van der Waals surface area contributed by atoms with Crippen LogP contribution in [0.3, 0.4) is 0 Å². The molecule has 0 saturated carbocycles. The van der Waals surface area contributed by atoms with E-state index in [0.29, 0.717) is 10.9 Å². The Labute approximate surface area is 141 Å². The second-order valence-electron chi connectivity index (χ2n) is 5.57. The third kappa shape index (κ3) is 3.58. The van der Waals surface area contributed by atoms with Crippen LogP contribution in [-0.2, 0) is 0 Å². The van der Waals surface area contributed by atoms with Gasteiger partial charge in [-0.2, -0.15) is 0 Å². The quantitative estimate of drug-likeness (QED) is 0.524. The summed E-state index contributed by atoms with van der Waals surface area (Å²) in [5.41, 5.74) is 4.88. The van der Waals surface area contributed by atoms with Crippen LogP contribution in [0.4, 0.5) is 0 Å². The molecule has 0 aliphatic rings. The van der Waals surface area contributed by atoms with Gasteiger partial charge >= 0.3 is 14.2 Å². The smallest absolute Gasteiger partial charge is 0.423 e. The Morgan fingerprint density at radius 2 is 0.833 bits per heavy atom. The van der Waals surface area contributed by atoms with E-state index >= 15 is 0 Å². The van der Waals surface area contributed by atoms with Gasteiger partial charge in [-0.05, 0) is 39.2 Å². The Bertz CT molecular complexity index is 748. The van der Waals surface area contributed by atoms with Gasteiger partial charge in [-0.1, -0.05) is 66.7 Å². The van der Waals surface area contributed by atoms with Gasteiger partial charge in [0.1, 0.15) is 0 Å². The van der Waals surface area contributed by atoms with Crippen molar-refractivity contribution in [3.8, 4) is 22.3 Å². The molecule has 0 aromatic heterocycles. The lowest BCUT2D eigenvalue weighted by molar-refractivity contribution is 0.424. The number of hydrogen-bond donors (Lipinski definition) is 4. The predicted octanol–water partition coefficient (Wildman–Crippen LogP) is 0.380. The number of rotatable bonds is 4. The first kappa shape index (κ1) is 16.5. The Morgan fingerprint density at radius 1 is 0.458 bits per heavy atom. The van der Waals surface area contributed by atoms with Gasteiger partial charge in [0.15, 0.2) is 0 Å². The summed E-state index contributed by atoms with van der Waals surface area (Å²) in [5, 5.41) is 36.6. The summed E-state index contributed by atoms with van der Waals surface area (Å²) in [7, 11) is -2.93. The van der Waals surface area contributed by atoms with E-state index in [4.69, 9.17) is 20.1 Å². The van der Waals surface area contributed by atoms with E-state index in [2.05, 4.69) is 0 Å². The van der Waals surface area contributed by atoms with E-state index < -0.39 is 14.2 Å². The van der Waals surface area contributed by atoms with E-state index in [9.17, 15) is 0 Å². The molecule has 0 aliphatic heterocycles. The lowest BCUT2D eigenvalue weighted by atomic mass is 9.79. The zero-order valence-corrected chi connectivity index (χ0v) is 12.9. The lowest BCUT2D eigenvalue weighted by Gasteiger charge is -2.08. The van der Waals surface area contributed by atoms with Crippen molar-refractivity contribution < 1.29 is 20.1 Å². The predicted molar refractivity (Wildman–Crippen MR) is 97.0 cm³/mol. The summed E-state index contributed by atoms with van der Waals surface area (Å²) >= 11 is 0. The first-order chi connectivity index (χ1) is 11.5. The van der Waals surface area contributed by atoms with Crippen molar-refractivity contribution in [2.45, 2.75) is 0 Å². The van der Waals surface area contributed by atoms with Gasteiger partial charge in [-0.25, -0.2) is 0 Å². The highest BCUT2D eigenvalue weighted by atomic mass is 16.4. The molecule has 0 spiro atoms. The highest BCUT2D eigenvalue weighted by Gasteiger charge is 2.11. The van der Waals surface area contributed by atoms with Crippen molar-refractivity contribution in [1.82, 2.24) is 0 Å². The summed E-state index contributed by atoms with van der Waals surface area (Å²) in [4.78, 5) is 0. The van der Waals surface area contributed by atoms with Gasteiger partial charge in [0, 0.05) is 0 Å². The molecular weight excluding hydrogens is 302 g/mol. The molecule has 3 rings (SSSR count). The molecule has 3 aromatic rings. The van der Waals surface area contributed by atoms with E-state index in [-0.39, 0.29) is 0 Å². The third-order valence-electron chi connectivity index (χ3n) is 3.95. The molecule has 0 aliphatic carbocycles. The zero-order valence-electron chi connectivity index (χ0n) is 12.9. The molecule has 0 fully saturated rings. The van der Waals surface area contributed by atoms with Crippen LogP contribution >= 0.6 is 0 Å². The molecule has 0 unspecified atom stereocenters. The first-order valence-electron chi connectivity index (χ1n) is 7.57. The Hall–Kier alpha value is -2.37. The Balaban J connectivity index is 1.91. The van der Waals surface area contributed by atoms with Crippen molar-refractivity contribution in [2.24, 2.45) is 0 Å². The van der Waals surface area contributed by atoms with Gasteiger partial charge in [-0.15, -0.1) is 0 Å². The average molecular weight is 318 g/mol. The molecule has 0 heterocycles. The first-order valence-corrected chi connectivity index (χ1v) is 7.57. The summed E-state index contributed by atoms with van der Waals surface area (Å²) in [6.45, 7) is 0. The maximum atomic E-state index is 9.16. The molecule has 0 radical (unpaired) electrons. The molecular formula is C18H16B2O4. The molecule has 6 heteroatoms. The van der Waals surface area contributed by atoms with Gasteiger partial charge < -0.3 is 20.1 Å². The van der Waals surface area contributed by atoms with Gasteiger partial charge in [0.25, 0.3) is 0 Å². The number of hydrogen-bond acceptors (Lipinski definition) is 4. The van der Waals surface area contributed by atoms with Crippen molar-refractivity contribution in [3.63, 3.8) is 0 Å². The van der Waals surface area contributed by atoms with Crippen LogP contribution in [0.15, 0.2) is 72.8 Å². The maximum absolute atomic E-state index is 9.16. The van der Waals surface area contributed by atoms with Crippen LogP contribution in [0, 0.1) is 0 Å². The van der Waals surface area contributed by atoms with E-state index in [1.807, 2.05) is 48.5 Å². The van der Waals surface area contributed by atoms with Gasteiger partial charge in [-0.3, -0.25) is 0 Å². The zero-order chi connectivity index (χ0) is 17.1. The lowest BCUT2D eigenvalue weighted by Crippen LogP contribution is -2.29. The van der Waals surface area contributed by atoms with Crippen molar-refractivity contribution in [2.75, 3.05) is 0 Å². The largest absolute Gasteiger partial charge is 0.488 e. The molecule has 0 saturated heterocycles. The van der Waals surface area contributed by atoms with E-state index in [0.717, 1.165) is 22.3 Å². The fourth-order valence-corrected chi connectivity index (χ4v) is 2.57. The fourth-order valence-electron chi connectivity index (χ4n) is 2.57. The molecule has 0 amide bonds. The summed E-state index contributed by atoms with van der Waals surface area (Å²) in [6.07, 6.45) is 0. The number of benzene rings is 3. The summed E-state index contributed by atoms with van der Waals surface area (Å²) < 4.78 is 0. The summed E-state index contributed by atoms with van der Waals surface area (Å²) in [5.74, 6) is 0. The van der Waals surface area contributed by atoms with Crippen molar-refractivity contribution in [1.29, 1.82) is 0 Å². The van der Waals surface area contributed by atoms with Crippen LogP contribution in [0.1, 0.15) is 0 Å². The minimum absolute atomic E-state index is 0.452. The van der Waals surface area contributed by atoms with Crippen LogP contribution in [-0.4, -0.2) is 34.3 Å². The molecule has 0 atom stereocenters. The summed E-state index contributed by atoms with van der Waals surface area (Å²) in [6, 6.07) is 22.1. The molecule has 24 heavy (non-hydrogen) atoms. The second-order valence-corrected chi connectivity index (χ2v) is 5.57. The highest BCUT2D eigenvalue weighted by Crippen LogP contribution is 2.25. The average Bonchev–Trinajstić information content (AvgIpc) is 2.62. The molecule has 4 nitrogen and oxygen atoms in total. The Morgan fingerprint density at radius 3 is 1.17 bits per heavy atom. The van der Waals surface area contributed by atoms with E-state index in [1.165, 1.54) is 0 Å². The van der Waals surface area contributed by atoms with Crippen LogP contribution in [0.5, 0.6) is 0 Å². The van der Waals surface area contributed by atoms with Crippen LogP contribution in [0.25, 0.3) is 22.3 Å². The monoisotopic (exact) mass is 318 g/mol. The van der Waals surface area contributed by atoms with Gasteiger partial charge in [0.2, 0.25) is 0 Å². The second kappa shape index (κ2) is 7.03. The van der Waals surface area contributed by atoms with Crippen molar-refractivity contribution >= 4 is 25.2 Å². The van der Waals surface area contributed by atoms with Gasteiger partial charge in [0.05, 0.1) is 0 Å². The van der Waals surface area contributed by atoms with Crippen molar-refractivity contribution in [3.05, 3.63) is 72.8 Å². The van der Waals surface area contributed by atoms with E-state index in [1.54, 1.807) is 24.3 Å². The normalized spacial score (nSPS) is 10.5. The minimum atomic E-state index is -1.47. The standard InChI is InChI=1S/C18H16B2O4/c21-19(22)17-8-4-13(5-9-17)15-2-1-3-16(12-15)14-6-10-18(11-7-14)20(23)24/h1-12,21-24H. The topological polar surface area (TPSA) is 80.9 Å². The third-order valence-corrected chi connectivity index (χ3v) is 3.95. The maximum Gasteiger partial charge on any atom is 0.488 e. The minimum Gasteiger partial charge on any atom is -0.423 e. The Kier molecular flexibility index (Phi) is 4.83. The molecule has 3 aromatic carbocycles. The SMILES string of the molecule is OB(O)c1ccc(-c2cccc(-c3ccc(B(O)O)cc3)c2)cc1. The molecule has 4 N–H and O–H groups in total. The highest BCUT2D eigenvalue weighted by molar-refractivity contribution is 6.58. The fraction of sp³-hybridized carbons (Fsp3) is 0.